The maximum atomic E-state index is 12.8. The van der Waals surface area contributed by atoms with Crippen molar-refractivity contribution in [3.05, 3.63) is 0 Å². The first-order valence-corrected chi connectivity index (χ1v) is 9.25. The normalized spacial score (nSPS) is 57.9. The molecule has 3 nitrogen and oxygen atoms in total. The van der Waals surface area contributed by atoms with E-state index in [0.29, 0.717) is 36.4 Å². The van der Waals surface area contributed by atoms with Gasteiger partial charge in [-0.3, -0.25) is 4.79 Å². The lowest BCUT2D eigenvalue weighted by Gasteiger charge is -2.59. The number of carbonyl (C=O) groups is 1. The largest absolute Gasteiger partial charge is 0.393 e. The molecule has 0 radical (unpaired) electrons. The van der Waals surface area contributed by atoms with Gasteiger partial charge in [-0.15, -0.1) is 0 Å². The van der Waals surface area contributed by atoms with Crippen molar-refractivity contribution >= 4 is 5.78 Å². The fourth-order valence-electron chi connectivity index (χ4n) is 6.99. The molecule has 0 spiro atoms. The number of carbonyl (C=O) groups excluding carboxylic acids is 1. The van der Waals surface area contributed by atoms with Crippen molar-refractivity contribution in [2.45, 2.75) is 77.4 Å². The number of rotatable bonds is 0. The molecule has 3 heteroatoms. The lowest BCUT2D eigenvalue weighted by Crippen LogP contribution is -2.57. The molecule has 0 heterocycles. The highest BCUT2D eigenvalue weighted by Gasteiger charge is 2.61. The number of fused-ring (bicyclic) bond motifs is 5. The van der Waals surface area contributed by atoms with Gasteiger partial charge in [-0.1, -0.05) is 13.8 Å². The zero-order chi connectivity index (χ0) is 15.7. The first kappa shape index (κ1) is 15.1. The minimum Gasteiger partial charge on any atom is -0.393 e. The summed E-state index contributed by atoms with van der Waals surface area (Å²) in [5, 5.41) is 20.5. The van der Waals surface area contributed by atoms with Crippen LogP contribution in [0.2, 0.25) is 0 Å². The summed E-state index contributed by atoms with van der Waals surface area (Å²) in [6, 6.07) is 0. The summed E-state index contributed by atoms with van der Waals surface area (Å²) in [4.78, 5) is 12.8. The topological polar surface area (TPSA) is 57.5 Å². The van der Waals surface area contributed by atoms with Crippen molar-refractivity contribution in [1.82, 2.24) is 0 Å². The lowest BCUT2D eigenvalue weighted by molar-refractivity contribution is -0.161. The maximum absolute atomic E-state index is 12.8. The van der Waals surface area contributed by atoms with Crippen LogP contribution in [-0.2, 0) is 4.79 Å². The van der Waals surface area contributed by atoms with Gasteiger partial charge in [0.15, 0.2) is 0 Å². The molecule has 0 amide bonds. The number of aliphatic hydroxyl groups excluding tert-OH is 2. The molecule has 0 bridgehead atoms. The van der Waals surface area contributed by atoms with Crippen LogP contribution in [0.25, 0.3) is 0 Å². The quantitative estimate of drug-likeness (QED) is 0.723. The first-order chi connectivity index (χ1) is 10.4. The third-order valence-electron chi connectivity index (χ3n) is 8.38. The Kier molecular flexibility index (Phi) is 3.30. The van der Waals surface area contributed by atoms with Gasteiger partial charge in [-0.05, 0) is 73.5 Å². The van der Waals surface area contributed by atoms with Crippen LogP contribution >= 0.6 is 0 Å². The Morgan fingerprint density at radius 1 is 0.955 bits per heavy atom. The predicted molar refractivity (Wildman–Crippen MR) is 84.1 cm³/mol. The summed E-state index contributed by atoms with van der Waals surface area (Å²) >= 11 is 0. The molecule has 2 N–H and O–H groups in total. The lowest BCUT2D eigenvalue weighted by atomic mass is 9.45. The van der Waals surface area contributed by atoms with E-state index in [-0.39, 0.29) is 29.0 Å². The van der Waals surface area contributed by atoms with Gasteiger partial charge in [0.05, 0.1) is 12.2 Å². The van der Waals surface area contributed by atoms with E-state index in [4.69, 9.17) is 0 Å². The van der Waals surface area contributed by atoms with Gasteiger partial charge < -0.3 is 10.2 Å². The Labute approximate surface area is 133 Å². The van der Waals surface area contributed by atoms with Crippen LogP contribution in [0.15, 0.2) is 0 Å². The molecule has 0 aromatic heterocycles. The van der Waals surface area contributed by atoms with E-state index in [1.165, 1.54) is 0 Å². The number of ketones is 1. The second-order valence-electron chi connectivity index (χ2n) is 9.17. The van der Waals surface area contributed by atoms with E-state index in [0.717, 1.165) is 38.5 Å². The fraction of sp³-hybridized carbons (Fsp3) is 0.947. The summed E-state index contributed by atoms with van der Waals surface area (Å²) in [6.45, 7) is 4.58. The molecule has 0 aromatic rings. The summed E-state index contributed by atoms with van der Waals surface area (Å²) in [6.07, 6.45) is 7.06. The molecule has 124 valence electrons. The van der Waals surface area contributed by atoms with Gasteiger partial charge in [0.2, 0.25) is 0 Å². The predicted octanol–water partition coefficient (Wildman–Crippen LogP) is 2.93. The second-order valence-corrected chi connectivity index (χ2v) is 9.17. The summed E-state index contributed by atoms with van der Waals surface area (Å²) in [5.74, 6) is 2.09. The average Bonchev–Trinajstić information content (AvgIpc) is 2.77. The van der Waals surface area contributed by atoms with Crippen molar-refractivity contribution in [2.24, 2.45) is 34.5 Å². The van der Waals surface area contributed by atoms with Crippen LogP contribution in [0, 0.1) is 34.5 Å². The van der Waals surface area contributed by atoms with Crippen LogP contribution in [0.3, 0.4) is 0 Å². The zero-order valence-corrected chi connectivity index (χ0v) is 13.9. The van der Waals surface area contributed by atoms with Crippen LogP contribution in [0.1, 0.15) is 65.2 Å². The highest BCUT2D eigenvalue weighted by Crippen LogP contribution is 2.65. The molecule has 0 unspecified atom stereocenters. The summed E-state index contributed by atoms with van der Waals surface area (Å²) < 4.78 is 0. The van der Waals surface area contributed by atoms with Crippen molar-refractivity contribution in [3.8, 4) is 0 Å². The molecule has 4 aliphatic rings. The van der Waals surface area contributed by atoms with Crippen molar-refractivity contribution in [3.63, 3.8) is 0 Å². The fourth-order valence-corrected chi connectivity index (χ4v) is 6.99. The van der Waals surface area contributed by atoms with Gasteiger partial charge >= 0.3 is 0 Å². The maximum Gasteiger partial charge on any atom is 0.136 e. The minimum absolute atomic E-state index is 0.0405. The molecule has 4 saturated carbocycles. The SMILES string of the molecule is C[C@]12CC[C@H](O)C[C@@H]1C(=O)C[C@@H]1[C@@H]2CC[C@]2(C)[C@@H](O)CC[C@@H]12. The first-order valence-electron chi connectivity index (χ1n) is 9.25. The molecule has 0 saturated heterocycles. The number of hydrogen-bond acceptors (Lipinski definition) is 3. The van der Waals surface area contributed by atoms with E-state index >= 15 is 0 Å². The number of hydrogen-bond donors (Lipinski definition) is 2. The Hall–Kier alpha value is -0.410. The Morgan fingerprint density at radius 2 is 1.64 bits per heavy atom. The molecule has 0 aromatic carbocycles. The Balaban J connectivity index is 1.68. The molecular formula is C19H30O3. The van der Waals surface area contributed by atoms with E-state index in [9.17, 15) is 15.0 Å². The van der Waals surface area contributed by atoms with Crippen molar-refractivity contribution in [1.29, 1.82) is 0 Å². The van der Waals surface area contributed by atoms with E-state index in [1.54, 1.807) is 0 Å². The molecule has 8 atom stereocenters. The van der Waals surface area contributed by atoms with Gasteiger partial charge in [-0.2, -0.15) is 0 Å². The van der Waals surface area contributed by atoms with Gasteiger partial charge in [0.1, 0.15) is 5.78 Å². The van der Waals surface area contributed by atoms with Gasteiger partial charge in [0, 0.05) is 12.3 Å². The highest BCUT2D eigenvalue weighted by molar-refractivity contribution is 5.83. The molecule has 4 aliphatic carbocycles. The van der Waals surface area contributed by atoms with E-state index < -0.39 is 0 Å². The van der Waals surface area contributed by atoms with Crippen LogP contribution in [0.4, 0.5) is 0 Å². The second kappa shape index (κ2) is 4.80. The van der Waals surface area contributed by atoms with Crippen molar-refractivity contribution in [2.75, 3.05) is 0 Å². The number of aliphatic hydroxyl groups is 2. The number of Topliss-reactive ketones (excluding diaryl/α,β-unsaturated/α-hetero) is 1. The molecule has 4 rings (SSSR count). The van der Waals surface area contributed by atoms with Crippen LogP contribution in [-0.4, -0.2) is 28.2 Å². The summed E-state index contributed by atoms with van der Waals surface area (Å²) in [7, 11) is 0. The zero-order valence-electron chi connectivity index (χ0n) is 13.9. The third kappa shape index (κ3) is 1.84. The van der Waals surface area contributed by atoms with E-state index in [1.807, 2.05) is 0 Å². The van der Waals surface area contributed by atoms with Crippen LogP contribution in [0.5, 0.6) is 0 Å². The Bertz CT molecular complexity index is 489. The van der Waals surface area contributed by atoms with Crippen molar-refractivity contribution < 1.29 is 15.0 Å². The smallest absolute Gasteiger partial charge is 0.136 e. The average molecular weight is 306 g/mol. The molecule has 4 fully saturated rings. The summed E-state index contributed by atoms with van der Waals surface area (Å²) in [5.41, 5.74) is 0.132. The van der Waals surface area contributed by atoms with E-state index in [2.05, 4.69) is 13.8 Å². The highest BCUT2D eigenvalue weighted by atomic mass is 16.3. The molecule has 22 heavy (non-hydrogen) atoms. The van der Waals surface area contributed by atoms with Gasteiger partial charge in [0.25, 0.3) is 0 Å². The third-order valence-corrected chi connectivity index (χ3v) is 8.38. The Morgan fingerprint density at radius 3 is 2.41 bits per heavy atom. The minimum atomic E-state index is -0.277. The molecule has 0 aliphatic heterocycles. The van der Waals surface area contributed by atoms with Gasteiger partial charge in [-0.25, -0.2) is 0 Å². The monoisotopic (exact) mass is 306 g/mol. The van der Waals surface area contributed by atoms with Crippen LogP contribution < -0.4 is 0 Å². The molecular weight excluding hydrogens is 276 g/mol. The standard InChI is InChI=1S/C19H30O3/c1-18-7-5-11(20)9-15(18)16(21)10-12-13-3-4-17(22)19(13,2)8-6-14(12)18/h11-15,17,20,22H,3-10H2,1-2H3/t11-,12-,13-,14-,15+,17-,18+,19-/m0/s1.